The highest BCUT2D eigenvalue weighted by atomic mass is 19.1. The van der Waals surface area contributed by atoms with E-state index in [9.17, 15) is 18.4 Å². The van der Waals surface area contributed by atoms with Gasteiger partial charge in [0.1, 0.15) is 18.2 Å². The van der Waals surface area contributed by atoms with Crippen LogP contribution in [0.25, 0.3) is 6.08 Å². The van der Waals surface area contributed by atoms with Crippen LogP contribution in [0.3, 0.4) is 0 Å². The molecule has 2 aromatic rings. The molecule has 122 valence electrons. The zero-order valence-electron chi connectivity index (χ0n) is 12.5. The Morgan fingerprint density at radius 2 is 1.83 bits per heavy atom. The van der Waals surface area contributed by atoms with Crippen LogP contribution >= 0.6 is 0 Å². The van der Waals surface area contributed by atoms with Gasteiger partial charge in [-0.05, 0) is 36.4 Å². The molecule has 1 amide bonds. The largest absolute Gasteiger partial charge is 0.447 e. The summed E-state index contributed by atoms with van der Waals surface area (Å²) in [4.78, 5) is 25.2. The Kier molecular flexibility index (Phi) is 4.37. The molecule has 0 radical (unpaired) electrons. The van der Waals surface area contributed by atoms with Gasteiger partial charge in [-0.15, -0.1) is 0 Å². The lowest BCUT2D eigenvalue weighted by atomic mass is 10.1. The van der Waals surface area contributed by atoms with E-state index in [4.69, 9.17) is 4.74 Å². The molecule has 1 fully saturated rings. The summed E-state index contributed by atoms with van der Waals surface area (Å²) in [5.74, 6) is -1.91. The zero-order chi connectivity index (χ0) is 17.1. The lowest BCUT2D eigenvalue weighted by molar-refractivity contribution is 0.104. The van der Waals surface area contributed by atoms with Crippen LogP contribution in [0.4, 0.5) is 19.3 Å². The van der Waals surface area contributed by atoms with Crippen molar-refractivity contribution in [2.24, 2.45) is 0 Å². The van der Waals surface area contributed by atoms with Crippen LogP contribution in [0, 0.1) is 11.6 Å². The van der Waals surface area contributed by atoms with E-state index in [1.165, 1.54) is 17.0 Å². The van der Waals surface area contributed by atoms with E-state index in [-0.39, 0.29) is 5.56 Å². The second kappa shape index (κ2) is 6.62. The molecule has 0 aromatic heterocycles. The van der Waals surface area contributed by atoms with Crippen molar-refractivity contribution in [1.82, 2.24) is 0 Å². The number of carbonyl (C=O) groups is 2. The fraction of sp³-hybridized carbons (Fsp3) is 0.111. The van der Waals surface area contributed by atoms with E-state index in [0.29, 0.717) is 24.4 Å². The molecule has 2 aromatic carbocycles. The summed E-state index contributed by atoms with van der Waals surface area (Å²) in [6.07, 6.45) is 1.73. The summed E-state index contributed by atoms with van der Waals surface area (Å²) < 4.78 is 32.0. The summed E-state index contributed by atoms with van der Waals surface area (Å²) in [6, 6.07) is 9.91. The van der Waals surface area contributed by atoms with Gasteiger partial charge in [-0.2, -0.15) is 0 Å². The van der Waals surface area contributed by atoms with Crippen LogP contribution in [-0.2, 0) is 4.74 Å². The smallest absolute Gasteiger partial charge is 0.414 e. The first-order valence-corrected chi connectivity index (χ1v) is 7.27. The first kappa shape index (κ1) is 15.9. The maximum absolute atomic E-state index is 13.6. The monoisotopic (exact) mass is 329 g/mol. The number of hydrogen-bond acceptors (Lipinski definition) is 3. The van der Waals surface area contributed by atoms with Gasteiger partial charge in [0.05, 0.1) is 6.54 Å². The van der Waals surface area contributed by atoms with Crippen LogP contribution in [0.5, 0.6) is 0 Å². The van der Waals surface area contributed by atoms with Crippen molar-refractivity contribution in [3.63, 3.8) is 0 Å². The fourth-order valence-electron chi connectivity index (χ4n) is 2.38. The van der Waals surface area contributed by atoms with E-state index >= 15 is 0 Å². The minimum Gasteiger partial charge on any atom is -0.447 e. The SMILES string of the molecule is O=C(/C=C/c1c(F)cccc1F)c1cccc(N2CCOC2=O)c1. The molecule has 0 bridgehead atoms. The molecule has 0 N–H and O–H groups in total. The number of ketones is 1. The zero-order valence-corrected chi connectivity index (χ0v) is 12.5. The molecule has 6 heteroatoms. The number of carbonyl (C=O) groups excluding carboxylic acids is 2. The van der Waals surface area contributed by atoms with Gasteiger partial charge in [0.25, 0.3) is 0 Å². The van der Waals surface area contributed by atoms with Crippen LogP contribution < -0.4 is 4.90 Å². The number of ether oxygens (including phenoxy) is 1. The number of halogens is 2. The van der Waals surface area contributed by atoms with Crippen molar-refractivity contribution in [3.05, 3.63) is 71.3 Å². The molecule has 24 heavy (non-hydrogen) atoms. The molecule has 3 rings (SSSR count). The van der Waals surface area contributed by atoms with Crippen LogP contribution in [0.2, 0.25) is 0 Å². The van der Waals surface area contributed by atoms with Gasteiger partial charge in [0.2, 0.25) is 0 Å². The van der Waals surface area contributed by atoms with E-state index < -0.39 is 23.5 Å². The van der Waals surface area contributed by atoms with Gasteiger partial charge < -0.3 is 4.74 Å². The van der Waals surface area contributed by atoms with E-state index in [1.807, 2.05) is 0 Å². The average molecular weight is 329 g/mol. The van der Waals surface area contributed by atoms with Crippen molar-refractivity contribution in [2.45, 2.75) is 0 Å². The van der Waals surface area contributed by atoms with E-state index in [1.54, 1.807) is 18.2 Å². The molecule has 4 nitrogen and oxygen atoms in total. The number of amides is 1. The fourth-order valence-corrected chi connectivity index (χ4v) is 2.38. The summed E-state index contributed by atoms with van der Waals surface area (Å²) >= 11 is 0. The minimum absolute atomic E-state index is 0.273. The maximum atomic E-state index is 13.6. The van der Waals surface area contributed by atoms with E-state index in [0.717, 1.165) is 24.3 Å². The first-order chi connectivity index (χ1) is 11.6. The van der Waals surface area contributed by atoms with Gasteiger partial charge >= 0.3 is 6.09 Å². The number of benzene rings is 2. The molecule has 0 aliphatic carbocycles. The molecule has 0 unspecified atom stereocenters. The number of rotatable bonds is 4. The van der Waals surface area contributed by atoms with Gasteiger partial charge in [-0.1, -0.05) is 18.2 Å². The Morgan fingerprint density at radius 1 is 1.12 bits per heavy atom. The van der Waals surface area contributed by atoms with Crippen molar-refractivity contribution >= 4 is 23.6 Å². The number of hydrogen-bond donors (Lipinski definition) is 0. The molecular weight excluding hydrogens is 316 g/mol. The highest BCUT2D eigenvalue weighted by molar-refractivity contribution is 6.07. The molecule has 1 saturated heterocycles. The summed E-state index contributed by atoms with van der Waals surface area (Å²) in [5.41, 5.74) is 0.569. The van der Waals surface area contributed by atoms with Crippen molar-refractivity contribution in [3.8, 4) is 0 Å². The molecule has 0 atom stereocenters. The van der Waals surface area contributed by atoms with Crippen molar-refractivity contribution in [2.75, 3.05) is 18.1 Å². The summed E-state index contributed by atoms with van der Waals surface area (Å²) in [5, 5.41) is 0. The second-order valence-electron chi connectivity index (χ2n) is 5.15. The maximum Gasteiger partial charge on any atom is 0.414 e. The molecule has 0 spiro atoms. The van der Waals surface area contributed by atoms with Crippen LogP contribution in [0.15, 0.2) is 48.5 Å². The number of nitrogens with zero attached hydrogens (tertiary/aromatic N) is 1. The minimum atomic E-state index is -0.743. The average Bonchev–Trinajstić information content (AvgIpc) is 3.00. The van der Waals surface area contributed by atoms with Crippen molar-refractivity contribution in [1.29, 1.82) is 0 Å². The third-order valence-corrected chi connectivity index (χ3v) is 3.60. The predicted octanol–water partition coefficient (Wildman–Crippen LogP) is 3.82. The first-order valence-electron chi connectivity index (χ1n) is 7.27. The van der Waals surface area contributed by atoms with Gasteiger partial charge in [-0.3, -0.25) is 9.69 Å². The lowest BCUT2D eigenvalue weighted by Gasteiger charge is -2.13. The Bertz CT molecular complexity index is 813. The Morgan fingerprint density at radius 3 is 2.50 bits per heavy atom. The molecule has 1 aliphatic heterocycles. The molecule has 1 heterocycles. The second-order valence-corrected chi connectivity index (χ2v) is 5.15. The number of anilines is 1. The summed E-state index contributed by atoms with van der Waals surface area (Å²) in [6.45, 7) is 0.705. The lowest BCUT2D eigenvalue weighted by Crippen LogP contribution is -2.23. The van der Waals surface area contributed by atoms with Gasteiger partial charge in [0, 0.05) is 16.8 Å². The van der Waals surface area contributed by atoms with Gasteiger partial charge in [-0.25, -0.2) is 13.6 Å². The highest BCUT2D eigenvalue weighted by Crippen LogP contribution is 2.21. The quantitative estimate of drug-likeness (QED) is 0.633. The topological polar surface area (TPSA) is 46.6 Å². The highest BCUT2D eigenvalue weighted by Gasteiger charge is 2.23. The summed E-state index contributed by atoms with van der Waals surface area (Å²) in [7, 11) is 0. The standard InChI is InChI=1S/C18H13F2NO3/c19-15-5-2-6-16(20)14(15)7-8-17(22)12-3-1-4-13(11-12)21-9-10-24-18(21)23/h1-8,11H,9-10H2/b8-7+. The third-order valence-electron chi connectivity index (χ3n) is 3.60. The molecular formula is C18H13F2NO3. The van der Waals surface area contributed by atoms with Gasteiger partial charge in [0.15, 0.2) is 5.78 Å². The third kappa shape index (κ3) is 3.17. The predicted molar refractivity (Wildman–Crippen MR) is 84.9 cm³/mol. The van der Waals surface area contributed by atoms with Crippen molar-refractivity contribution < 1.29 is 23.1 Å². The Labute approximate surface area is 137 Å². The van der Waals surface area contributed by atoms with Crippen LogP contribution in [-0.4, -0.2) is 25.0 Å². The molecule has 1 aliphatic rings. The van der Waals surface area contributed by atoms with Crippen LogP contribution in [0.1, 0.15) is 15.9 Å². The molecule has 0 saturated carbocycles. The Balaban J connectivity index is 1.83. The normalized spacial score (nSPS) is 14.2. The number of cyclic esters (lactones) is 1. The number of allylic oxidation sites excluding steroid dienone is 1. The van der Waals surface area contributed by atoms with E-state index in [2.05, 4.69) is 0 Å². The Hall–Kier alpha value is -3.02.